The largest absolute Gasteiger partial charge is 0.377 e. The summed E-state index contributed by atoms with van der Waals surface area (Å²) in [6.45, 7) is 1.00. The van der Waals surface area contributed by atoms with Crippen LogP contribution in [0.3, 0.4) is 0 Å². The summed E-state index contributed by atoms with van der Waals surface area (Å²) in [6.07, 6.45) is 6.19. The van der Waals surface area contributed by atoms with Crippen molar-refractivity contribution < 1.29 is 4.74 Å². The molecule has 17 heavy (non-hydrogen) atoms. The van der Waals surface area contributed by atoms with Crippen LogP contribution in [-0.2, 0) is 11.2 Å². The number of methoxy groups -OCH3 is 1. The highest BCUT2D eigenvalue weighted by Crippen LogP contribution is 2.36. The summed E-state index contributed by atoms with van der Waals surface area (Å²) in [5.74, 6) is 0. The van der Waals surface area contributed by atoms with Gasteiger partial charge in [-0.1, -0.05) is 24.3 Å². The minimum atomic E-state index is 0.136. The van der Waals surface area contributed by atoms with E-state index >= 15 is 0 Å². The van der Waals surface area contributed by atoms with Crippen molar-refractivity contribution in [2.24, 2.45) is 0 Å². The lowest BCUT2D eigenvalue weighted by molar-refractivity contribution is -0.0709. The second-order valence-corrected chi connectivity index (χ2v) is 5.41. The maximum Gasteiger partial charge on any atom is 0.0802 e. The Bertz CT molecular complexity index is 392. The molecule has 0 spiro atoms. The Morgan fingerprint density at radius 1 is 1.35 bits per heavy atom. The fourth-order valence-corrected chi connectivity index (χ4v) is 3.10. The van der Waals surface area contributed by atoms with Crippen molar-refractivity contribution in [1.29, 1.82) is 0 Å². The average Bonchev–Trinajstić information content (AvgIpc) is 2.72. The first kappa shape index (κ1) is 11.2. The number of benzene rings is 1. The molecule has 0 aromatic heterocycles. The number of rotatable bonds is 4. The van der Waals surface area contributed by atoms with Gasteiger partial charge in [0.15, 0.2) is 0 Å². The van der Waals surface area contributed by atoms with Crippen LogP contribution in [0.2, 0.25) is 0 Å². The van der Waals surface area contributed by atoms with E-state index in [0.29, 0.717) is 6.04 Å². The fraction of sp³-hybridized carbons (Fsp3) is 0.600. The van der Waals surface area contributed by atoms with Gasteiger partial charge in [-0.25, -0.2) is 0 Å². The zero-order chi connectivity index (χ0) is 11.7. The van der Waals surface area contributed by atoms with Gasteiger partial charge in [-0.3, -0.25) is 0 Å². The van der Waals surface area contributed by atoms with Crippen LogP contribution in [0.15, 0.2) is 24.3 Å². The Labute approximate surface area is 103 Å². The summed E-state index contributed by atoms with van der Waals surface area (Å²) in [7, 11) is 1.85. The zero-order valence-corrected chi connectivity index (χ0v) is 10.5. The van der Waals surface area contributed by atoms with Crippen LogP contribution in [-0.4, -0.2) is 19.3 Å². The zero-order valence-electron chi connectivity index (χ0n) is 10.5. The molecule has 0 bridgehead atoms. The summed E-state index contributed by atoms with van der Waals surface area (Å²) >= 11 is 0. The minimum Gasteiger partial charge on any atom is -0.377 e. The lowest BCUT2D eigenvalue weighted by Gasteiger charge is -2.41. The van der Waals surface area contributed by atoms with Crippen molar-refractivity contribution in [3.05, 3.63) is 35.4 Å². The van der Waals surface area contributed by atoms with Crippen molar-refractivity contribution in [2.75, 3.05) is 13.7 Å². The van der Waals surface area contributed by atoms with Gasteiger partial charge in [0.2, 0.25) is 0 Å². The number of aryl methyl sites for hydroxylation is 1. The van der Waals surface area contributed by atoms with Crippen LogP contribution in [0.25, 0.3) is 0 Å². The predicted molar refractivity (Wildman–Crippen MR) is 69.1 cm³/mol. The highest BCUT2D eigenvalue weighted by Gasteiger charge is 2.37. The van der Waals surface area contributed by atoms with E-state index in [4.69, 9.17) is 4.74 Å². The van der Waals surface area contributed by atoms with Crippen LogP contribution < -0.4 is 5.32 Å². The van der Waals surface area contributed by atoms with E-state index in [1.807, 2.05) is 7.11 Å². The van der Waals surface area contributed by atoms with Gasteiger partial charge in [0.25, 0.3) is 0 Å². The van der Waals surface area contributed by atoms with E-state index in [-0.39, 0.29) is 5.60 Å². The topological polar surface area (TPSA) is 21.3 Å². The quantitative estimate of drug-likeness (QED) is 0.860. The van der Waals surface area contributed by atoms with Gasteiger partial charge in [0, 0.05) is 19.7 Å². The summed E-state index contributed by atoms with van der Waals surface area (Å²) < 4.78 is 5.66. The average molecular weight is 231 g/mol. The molecule has 1 fully saturated rings. The lowest BCUT2D eigenvalue weighted by atomic mass is 9.80. The second-order valence-electron chi connectivity index (χ2n) is 5.41. The van der Waals surface area contributed by atoms with Gasteiger partial charge < -0.3 is 10.1 Å². The molecule has 1 aromatic rings. The molecule has 1 atom stereocenters. The Morgan fingerprint density at radius 2 is 2.18 bits per heavy atom. The molecular formula is C15H21NO. The second kappa shape index (κ2) is 4.43. The summed E-state index contributed by atoms with van der Waals surface area (Å²) in [5.41, 5.74) is 3.15. The Balaban J connectivity index is 1.64. The SMILES string of the molecule is COC1(CNC2CCc3ccccc32)CCC1. The van der Waals surface area contributed by atoms with Gasteiger partial charge in [0.05, 0.1) is 5.60 Å². The first-order chi connectivity index (χ1) is 8.33. The molecule has 0 amide bonds. The van der Waals surface area contributed by atoms with E-state index in [1.165, 1.54) is 43.2 Å². The summed E-state index contributed by atoms with van der Waals surface area (Å²) in [5, 5.41) is 3.71. The van der Waals surface area contributed by atoms with E-state index in [0.717, 1.165) is 6.54 Å². The monoisotopic (exact) mass is 231 g/mol. The van der Waals surface area contributed by atoms with Gasteiger partial charge in [-0.2, -0.15) is 0 Å². The first-order valence-electron chi connectivity index (χ1n) is 6.69. The molecule has 0 heterocycles. The van der Waals surface area contributed by atoms with Crippen molar-refractivity contribution in [3.63, 3.8) is 0 Å². The van der Waals surface area contributed by atoms with E-state index in [9.17, 15) is 0 Å². The first-order valence-corrected chi connectivity index (χ1v) is 6.69. The maximum absolute atomic E-state index is 5.66. The van der Waals surface area contributed by atoms with Crippen molar-refractivity contribution in [1.82, 2.24) is 5.32 Å². The molecule has 2 aliphatic carbocycles. The molecule has 1 aromatic carbocycles. The Kier molecular flexibility index (Phi) is 2.93. The molecule has 2 aliphatic rings. The molecule has 1 N–H and O–H groups in total. The van der Waals surface area contributed by atoms with Crippen molar-refractivity contribution >= 4 is 0 Å². The van der Waals surface area contributed by atoms with Crippen LogP contribution in [0, 0.1) is 0 Å². The predicted octanol–water partition coefficient (Wildman–Crippen LogP) is 2.83. The minimum absolute atomic E-state index is 0.136. The molecule has 0 radical (unpaired) electrons. The van der Waals surface area contributed by atoms with Crippen LogP contribution in [0.4, 0.5) is 0 Å². The Hall–Kier alpha value is -0.860. The van der Waals surface area contributed by atoms with Crippen molar-refractivity contribution in [2.45, 2.75) is 43.7 Å². The highest BCUT2D eigenvalue weighted by molar-refractivity contribution is 5.34. The molecule has 0 saturated heterocycles. The van der Waals surface area contributed by atoms with Crippen LogP contribution >= 0.6 is 0 Å². The number of fused-ring (bicyclic) bond motifs is 1. The molecule has 0 aliphatic heterocycles. The number of hydrogen-bond donors (Lipinski definition) is 1. The summed E-state index contributed by atoms with van der Waals surface area (Å²) in [6, 6.07) is 9.35. The Morgan fingerprint density at radius 3 is 2.88 bits per heavy atom. The molecule has 2 heteroatoms. The van der Waals surface area contributed by atoms with Gasteiger partial charge in [0.1, 0.15) is 0 Å². The van der Waals surface area contributed by atoms with Crippen molar-refractivity contribution in [3.8, 4) is 0 Å². The number of nitrogens with one attached hydrogen (secondary N) is 1. The number of ether oxygens (including phenoxy) is 1. The third-order valence-corrected chi connectivity index (χ3v) is 4.50. The number of hydrogen-bond acceptors (Lipinski definition) is 2. The third kappa shape index (κ3) is 2.00. The van der Waals surface area contributed by atoms with E-state index in [1.54, 1.807) is 0 Å². The molecule has 1 unspecified atom stereocenters. The molecule has 92 valence electrons. The smallest absolute Gasteiger partial charge is 0.0802 e. The van der Waals surface area contributed by atoms with E-state index in [2.05, 4.69) is 29.6 Å². The standard InChI is InChI=1S/C15H21NO/c1-17-15(9-4-10-15)11-16-14-8-7-12-5-2-3-6-13(12)14/h2-3,5-6,14,16H,4,7-11H2,1H3. The molecule has 2 nitrogen and oxygen atoms in total. The van der Waals surface area contributed by atoms with Crippen LogP contribution in [0.5, 0.6) is 0 Å². The molecule has 1 saturated carbocycles. The van der Waals surface area contributed by atoms with Gasteiger partial charge in [-0.05, 0) is 43.2 Å². The van der Waals surface area contributed by atoms with Gasteiger partial charge in [-0.15, -0.1) is 0 Å². The van der Waals surface area contributed by atoms with Gasteiger partial charge >= 0.3 is 0 Å². The lowest BCUT2D eigenvalue weighted by Crippen LogP contribution is -2.48. The van der Waals surface area contributed by atoms with E-state index < -0.39 is 0 Å². The molecule has 3 rings (SSSR count). The summed E-state index contributed by atoms with van der Waals surface area (Å²) in [4.78, 5) is 0. The highest BCUT2D eigenvalue weighted by atomic mass is 16.5. The third-order valence-electron chi connectivity index (χ3n) is 4.50. The fourth-order valence-electron chi connectivity index (χ4n) is 3.10. The van der Waals surface area contributed by atoms with Crippen LogP contribution in [0.1, 0.15) is 42.9 Å². The molecular weight excluding hydrogens is 210 g/mol. The normalized spacial score (nSPS) is 25.4. The maximum atomic E-state index is 5.66.